The largest absolute Gasteiger partial charge is 0.480 e. The summed E-state index contributed by atoms with van der Waals surface area (Å²) < 4.78 is 39.2. The van der Waals surface area contributed by atoms with Gasteiger partial charge in [0.15, 0.2) is 0 Å². The molecular weight excluding hydrogens is 287 g/mol. The maximum absolute atomic E-state index is 13.1. The number of halogens is 3. The van der Waals surface area contributed by atoms with E-state index < -0.39 is 36.4 Å². The minimum atomic E-state index is -4.39. The Hall–Kier alpha value is -1.27. The lowest BCUT2D eigenvalue weighted by Crippen LogP contribution is -2.46. The molecular formula is C14H20F3NO3. The topological polar surface area (TPSA) is 57.6 Å². The highest BCUT2D eigenvalue weighted by atomic mass is 19.4. The average molecular weight is 307 g/mol. The number of nitrogens with zero attached hydrogens (tertiary/aromatic N) is 1. The normalized spacial score (nSPS) is 26.4. The summed E-state index contributed by atoms with van der Waals surface area (Å²) in [6.07, 6.45) is -1.35. The highest BCUT2D eigenvalue weighted by Crippen LogP contribution is 2.42. The van der Waals surface area contributed by atoms with E-state index in [1.807, 2.05) is 0 Å². The van der Waals surface area contributed by atoms with Crippen molar-refractivity contribution in [2.75, 3.05) is 13.1 Å². The third-order valence-electron chi connectivity index (χ3n) is 4.32. The van der Waals surface area contributed by atoms with Gasteiger partial charge in [-0.25, -0.2) is 0 Å². The molecule has 0 heterocycles. The van der Waals surface area contributed by atoms with Crippen molar-refractivity contribution in [1.29, 1.82) is 0 Å². The van der Waals surface area contributed by atoms with Gasteiger partial charge in [0.25, 0.3) is 0 Å². The molecule has 2 unspecified atom stereocenters. The predicted octanol–water partition coefficient (Wildman–Crippen LogP) is 2.68. The highest BCUT2D eigenvalue weighted by Gasteiger charge is 2.49. The molecule has 1 N–H and O–H groups in total. The predicted molar refractivity (Wildman–Crippen MR) is 68.4 cm³/mol. The van der Waals surface area contributed by atoms with Crippen molar-refractivity contribution in [2.24, 2.45) is 17.8 Å². The molecule has 120 valence electrons. The third-order valence-corrected chi connectivity index (χ3v) is 4.32. The summed E-state index contributed by atoms with van der Waals surface area (Å²) in [6, 6.07) is 0. The molecule has 21 heavy (non-hydrogen) atoms. The standard InChI is InChI=1S/C14H20F3NO3/c15-14(16,17)11-4-2-1-3-10(11)13(21)18(8-12(19)20)7-9-5-6-9/h9-11H,1-8H2,(H,19,20). The second kappa shape index (κ2) is 6.23. The van der Waals surface area contributed by atoms with Crippen molar-refractivity contribution in [2.45, 2.75) is 44.7 Å². The number of aliphatic carboxylic acids is 1. The summed E-state index contributed by atoms with van der Waals surface area (Å²) in [5.41, 5.74) is 0. The smallest absolute Gasteiger partial charge is 0.392 e. The van der Waals surface area contributed by atoms with Crippen molar-refractivity contribution >= 4 is 11.9 Å². The van der Waals surface area contributed by atoms with Crippen LogP contribution in [0.3, 0.4) is 0 Å². The van der Waals surface area contributed by atoms with Crippen molar-refractivity contribution in [3.05, 3.63) is 0 Å². The number of carboxylic acid groups (broad SMARTS) is 1. The van der Waals surface area contributed by atoms with Gasteiger partial charge in [-0.1, -0.05) is 12.8 Å². The molecule has 2 aliphatic carbocycles. The first-order valence-corrected chi connectivity index (χ1v) is 7.36. The maximum Gasteiger partial charge on any atom is 0.392 e. The second-order valence-corrected chi connectivity index (χ2v) is 6.09. The van der Waals surface area contributed by atoms with Gasteiger partial charge in [0.05, 0.1) is 5.92 Å². The van der Waals surface area contributed by atoms with Gasteiger partial charge in [-0.2, -0.15) is 13.2 Å². The summed E-state index contributed by atoms with van der Waals surface area (Å²) in [6.45, 7) is -0.234. The monoisotopic (exact) mass is 307 g/mol. The van der Waals surface area contributed by atoms with E-state index in [1.54, 1.807) is 0 Å². The number of rotatable bonds is 5. The molecule has 4 nitrogen and oxygen atoms in total. The first kappa shape index (κ1) is 16.1. The Balaban J connectivity index is 2.10. The van der Waals surface area contributed by atoms with E-state index in [4.69, 9.17) is 5.11 Å². The molecule has 0 aromatic rings. The molecule has 1 amide bonds. The third kappa shape index (κ3) is 4.35. The Bertz CT molecular complexity index is 407. The van der Waals surface area contributed by atoms with Gasteiger partial charge < -0.3 is 10.0 Å². The Morgan fingerprint density at radius 3 is 2.24 bits per heavy atom. The fraction of sp³-hybridized carbons (Fsp3) is 0.857. The van der Waals surface area contributed by atoms with E-state index in [9.17, 15) is 22.8 Å². The lowest BCUT2D eigenvalue weighted by atomic mass is 9.78. The van der Waals surface area contributed by atoms with Gasteiger partial charge in [0, 0.05) is 12.5 Å². The van der Waals surface area contributed by atoms with E-state index in [0.717, 1.165) is 17.7 Å². The highest BCUT2D eigenvalue weighted by molar-refractivity contribution is 5.83. The van der Waals surface area contributed by atoms with Gasteiger partial charge in [-0.05, 0) is 31.6 Å². The summed E-state index contributed by atoms with van der Waals surface area (Å²) in [5.74, 6) is -4.30. The Labute approximate surface area is 121 Å². The average Bonchev–Trinajstić information content (AvgIpc) is 3.19. The molecule has 0 saturated heterocycles. The molecule has 0 bridgehead atoms. The van der Waals surface area contributed by atoms with Crippen LogP contribution in [0.25, 0.3) is 0 Å². The molecule has 0 aromatic carbocycles. The molecule has 2 aliphatic rings. The number of carbonyl (C=O) groups is 2. The lowest BCUT2D eigenvalue weighted by molar-refractivity contribution is -0.201. The van der Waals surface area contributed by atoms with Crippen LogP contribution in [-0.4, -0.2) is 41.1 Å². The number of hydrogen-bond acceptors (Lipinski definition) is 2. The zero-order valence-electron chi connectivity index (χ0n) is 11.7. The van der Waals surface area contributed by atoms with Crippen molar-refractivity contribution in [3.8, 4) is 0 Å². The van der Waals surface area contributed by atoms with Crippen molar-refractivity contribution in [1.82, 2.24) is 4.90 Å². The van der Waals surface area contributed by atoms with Crippen LogP contribution in [-0.2, 0) is 9.59 Å². The van der Waals surface area contributed by atoms with Crippen molar-refractivity contribution in [3.63, 3.8) is 0 Å². The van der Waals surface area contributed by atoms with Gasteiger partial charge in [0.1, 0.15) is 6.54 Å². The minimum absolute atomic E-state index is 0.0375. The Morgan fingerprint density at radius 1 is 1.10 bits per heavy atom. The van der Waals surface area contributed by atoms with E-state index in [-0.39, 0.29) is 25.3 Å². The van der Waals surface area contributed by atoms with Crippen LogP contribution in [0.5, 0.6) is 0 Å². The first-order valence-electron chi connectivity index (χ1n) is 7.36. The fourth-order valence-electron chi connectivity index (χ4n) is 3.06. The number of hydrogen-bond donors (Lipinski definition) is 1. The zero-order chi connectivity index (χ0) is 15.6. The molecule has 0 spiro atoms. The van der Waals surface area contributed by atoms with Gasteiger partial charge in [-0.15, -0.1) is 0 Å². The van der Waals surface area contributed by atoms with Crippen LogP contribution in [0.15, 0.2) is 0 Å². The van der Waals surface area contributed by atoms with E-state index in [2.05, 4.69) is 0 Å². The van der Waals surface area contributed by atoms with Crippen LogP contribution >= 0.6 is 0 Å². The summed E-state index contributed by atoms with van der Waals surface area (Å²) in [4.78, 5) is 24.4. The van der Waals surface area contributed by atoms with Gasteiger partial charge in [0.2, 0.25) is 5.91 Å². The molecule has 0 aliphatic heterocycles. The van der Waals surface area contributed by atoms with Crippen molar-refractivity contribution < 1.29 is 27.9 Å². The quantitative estimate of drug-likeness (QED) is 0.849. The molecule has 2 fully saturated rings. The summed E-state index contributed by atoms with van der Waals surface area (Å²) in [5, 5.41) is 8.87. The fourth-order valence-corrected chi connectivity index (χ4v) is 3.06. The number of carbonyl (C=O) groups excluding carboxylic acids is 1. The summed E-state index contributed by atoms with van der Waals surface area (Å²) in [7, 11) is 0. The molecule has 2 atom stereocenters. The lowest BCUT2D eigenvalue weighted by Gasteiger charge is -2.35. The minimum Gasteiger partial charge on any atom is -0.480 e. The number of alkyl halides is 3. The molecule has 0 radical (unpaired) electrons. The van der Waals surface area contributed by atoms with E-state index in [1.165, 1.54) is 0 Å². The number of carboxylic acids is 1. The molecule has 0 aromatic heterocycles. The van der Waals surface area contributed by atoms with Crippen LogP contribution in [0.2, 0.25) is 0 Å². The molecule has 2 saturated carbocycles. The van der Waals surface area contributed by atoms with Crippen LogP contribution in [0, 0.1) is 17.8 Å². The number of amides is 1. The first-order chi connectivity index (χ1) is 9.79. The van der Waals surface area contributed by atoms with E-state index in [0.29, 0.717) is 12.8 Å². The Morgan fingerprint density at radius 2 is 1.71 bits per heavy atom. The van der Waals surface area contributed by atoms with E-state index >= 15 is 0 Å². The van der Waals surface area contributed by atoms with Crippen LogP contribution < -0.4 is 0 Å². The maximum atomic E-state index is 13.1. The van der Waals surface area contributed by atoms with Gasteiger partial charge in [-0.3, -0.25) is 9.59 Å². The SMILES string of the molecule is O=C(O)CN(CC1CC1)C(=O)C1CCCCC1C(F)(F)F. The van der Waals surface area contributed by atoms with Crippen LogP contribution in [0.1, 0.15) is 38.5 Å². The molecule has 2 rings (SSSR count). The van der Waals surface area contributed by atoms with Crippen LogP contribution in [0.4, 0.5) is 13.2 Å². The second-order valence-electron chi connectivity index (χ2n) is 6.09. The van der Waals surface area contributed by atoms with Gasteiger partial charge >= 0.3 is 12.1 Å². The Kier molecular flexibility index (Phi) is 4.78. The summed E-state index contributed by atoms with van der Waals surface area (Å²) >= 11 is 0. The zero-order valence-corrected chi connectivity index (χ0v) is 11.7. The molecule has 7 heteroatoms.